The summed E-state index contributed by atoms with van der Waals surface area (Å²) in [5, 5.41) is 11.0. The summed E-state index contributed by atoms with van der Waals surface area (Å²) >= 11 is 1.61. The molecule has 0 unspecified atom stereocenters. The lowest BCUT2D eigenvalue weighted by Gasteiger charge is -1.95. The Kier molecular flexibility index (Phi) is 2.66. The Morgan fingerprint density at radius 2 is 2.06 bits per heavy atom. The summed E-state index contributed by atoms with van der Waals surface area (Å²) in [7, 11) is 0. The number of rotatable bonds is 3. The summed E-state index contributed by atoms with van der Waals surface area (Å²) in [6, 6.07) is 10.1. The minimum atomic E-state index is 0.171. The number of aromatic nitrogens is 2. The standard InChI is InChI=1S/C13H12N2OS/c16-7-6-11-9-17-13-14-12(8-15(11)13)10-4-2-1-3-5-10/h1-5,8-9,16H,6-7H2. The van der Waals surface area contributed by atoms with E-state index in [2.05, 4.69) is 21.5 Å². The van der Waals surface area contributed by atoms with Crippen molar-refractivity contribution in [1.29, 1.82) is 0 Å². The first kappa shape index (κ1) is 10.5. The van der Waals surface area contributed by atoms with Crippen LogP contribution in [0.5, 0.6) is 0 Å². The molecule has 0 radical (unpaired) electrons. The van der Waals surface area contributed by atoms with Crippen molar-refractivity contribution in [2.45, 2.75) is 6.42 Å². The van der Waals surface area contributed by atoms with Crippen LogP contribution >= 0.6 is 11.3 Å². The van der Waals surface area contributed by atoms with Crippen molar-refractivity contribution < 1.29 is 5.11 Å². The highest BCUT2D eigenvalue weighted by atomic mass is 32.1. The van der Waals surface area contributed by atoms with Gasteiger partial charge in [0.2, 0.25) is 0 Å². The van der Waals surface area contributed by atoms with Gasteiger partial charge in [-0.1, -0.05) is 30.3 Å². The summed E-state index contributed by atoms with van der Waals surface area (Å²) < 4.78 is 2.06. The predicted octanol–water partition coefficient (Wildman–Crippen LogP) is 2.60. The fourth-order valence-electron chi connectivity index (χ4n) is 1.87. The van der Waals surface area contributed by atoms with E-state index < -0.39 is 0 Å². The van der Waals surface area contributed by atoms with Crippen molar-refractivity contribution in [3.8, 4) is 11.3 Å². The maximum Gasteiger partial charge on any atom is 0.194 e. The van der Waals surface area contributed by atoms with E-state index in [0.29, 0.717) is 6.42 Å². The Labute approximate surface area is 103 Å². The molecule has 0 aliphatic carbocycles. The molecule has 1 aromatic carbocycles. The third-order valence-corrected chi connectivity index (χ3v) is 3.61. The van der Waals surface area contributed by atoms with Crippen LogP contribution in [0.1, 0.15) is 5.69 Å². The van der Waals surface area contributed by atoms with Gasteiger partial charge in [0.05, 0.1) is 5.69 Å². The second-order valence-electron chi connectivity index (χ2n) is 3.85. The Hall–Kier alpha value is -1.65. The Bertz CT molecular complexity index is 627. The average Bonchev–Trinajstić information content (AvgIpc) is 2.93. The van der Waals surface area contributed by atoms with Gasteiger partial charge in [0.15, 0.2) is 4.96 Å². The zero-order chi connectivity index (χ0) is 11.7. The monoisotopic (exact) mass is 244 g/mol. The molecule has 3 rings (SSSR count). The van der Waals surface area contributed by atoms with Crippen molar-refractivity contribution in [1.82, 2.24) is 9.38 Å². The lowest BCUT2D eigenvalue weighted by molar-refractivity contribution is 0.298. The van der Waals surface area contributed by atoms with E-state index in [9.17, 15) is 0 Å². The smallest absolute Gasteiger partial charge is 0.194 e. The van der Waals surface area contributed by atoms with E-state index in [1.807, 2.05) is 29.8 Å². The first-order valence-corrected chi connectivity index (χ1v) is 6.38. The van der Waals surface area contributed by atoms with Crippen molar-refractivity contribution in [3.05, 3.63) is 47.6 Å². The maximum atomic E-state index is 8.99. The van der Waals surface area contributed by atoms with Crippen LogP contribution < -0.4 is 0 Å². The molecule has 0 fully saturated rings. The highest BCUT2D eigenvalue weighted by Crippen LogP contribution is 2.23. The number of thiazole rings is 1. The molecule has 3 nitrogen and oxygen atoms in total. The third-order valence-electron chi connectivity index (χ3n) is 2.72. The number of hydrogen-bond donors (Lipinski definition) is 1. The number of aliphatic hydroxyl groups excluding tert-OH is 1. The molecule has 0 aliphatic rings. The molecular formula is C13H12N2OS. The molecule has 86 valence electrons. The molecule has 2 heterocycles. The molecule has 3 aromatic rings. The van der Waals surface area contributed by atoms with E-state index in [1.54, 1.807) is 11.3 Å². The second kappa shape index (κ2) is 4.31. The summed E-state index contributed by atoms with van der Waals surface area (Å²) in [5.41, 5.74) is 3.22. The molecule has 0 saturated carbocycles. The molecule has 2 aromatic heterocycles. The van der Waals surface area contributed by atoms with E-state index >= 15 is 0 Å². The van der Waals surface area contributed by atoms with Crippen molar-refractivity contribution in [3.63, 3.8) is 0 Å². The van der Waals surface area contributed by atoms with Crippen LogP contribution in [0.25, 0.3) is 16.2 Å². The zero-order valence-electron chi connectivity index (χ0n) is 9.21. The van der Waals surface area contributed by atoms with Gasteiger partial charge >= 0.3 is 0 Å². The SMILES string of the molecule is OCCc1csc2nc(-c3ccccc3)cn12. The number of aliphatic hydroxyl groups is 1. The van der Waals surface area contributed by atoms with Crippen LogP contribution in [0.15, 0.2) is 41.9 Å². The van der Waals surface area contributed by atoms with Crippen LogP contribution in [0.2, 0.25) is 0 Å². The molecule has 1 N–H and O–H groups in total. The van der Waals surface area contributed by atoms with Crippen molar-refractivity contribution >= 4 is 16.3 Å². The number of nitrogens with zero attached hydrogens (tertiary/aromatic N) is 2. The number of imidazole rings is 1. The van der Waals surface area contributed by atoms with Crippen LogP contribution in [0.3, 0.4) is 0 Å². The molecule has 0 bridgehead atoms. The van der Waals surface area contributed by atoms with Crippen LogP contribution in [-0.2, 0) is 6.42 Å². The molecule has 4 heteroatoms. The van der Waals surface area contributed by atoms with Gasteiger partial charge in [-0.05, 0) is 0 Å². The summed E-state index contributed by atoms with van der Waals surface area (Å²) in [6.45, 7) is 0.171. The number of fused-ring (bicyclic) bond motifs is 1. The quantitative estimate of drug-likeness (QED) is 0.769. The molecule has 0 atom stereocenters. The fraction of sp³-hybridized carbons (Fsp3) is 0.154. The Morgan fingerprint density at radius 1 is 1.24 bits per heavy atom. The molecular weight excluding hydrogens is 232 g/mol. The van der Waals surface area contributed by atoms with E-state index in [4.69, 9.17) is 5.11 Å². The van der Waals surface area contributed by atoms with Gasteiger partial charge in [-0.3, -0.25) is 4.40 Å². The minimum absolute atomic E-state index is 0.171. The van der Waals surface area contributed by atoms with Gasteiger partial charge in [0, 0.05) is 35.9 Å². The van der Waals surface area contributed by atoms with Gasteiger partial charge < -0.3 is 5.11 Å². The van der Waals surface area contributed by atoms with Gasteiger partial charge in [0.25, 0.3) is 0 Å². The Balaban J connectivity index is 2.08. The fourth-order valence-corrected chi connectivity index (χ4v) is 2.78. The highest BCUT2D eigenvalue weighted by Gasteiger charge is 2.08. The van der Waals surface area contributed by atoms with Crippen molar-refractivity contribution in [2.75, 3.05) is 6.61 Å². The van der Waals surface area contributed by atoms with E-state index in [1.165, 1.54) is 0 Å². The largest absolute Gasteiger partial charge is 0.396 e. The zero-order valence-corrected chi connectivity index (χ0v) is 10.0. The summed E-state index contributed by atoms with van der Waals surface area (Å²) in [4.78, 5) is 5.56. The predicted molar refractivity (Wildman–Crippen MR) is 69.3 cm³/mol. The molecule has 0 saturated heterocycles. The lowest BCUT2D eigenvalue weighted by atomic mass is 10.2. The normalized spacial score (nSPS) is 11.1. The third kappa shape index (κ3) is 1.85. The molecule has 0 aliphatic heterocycles. The molecule has 0 spiro atoms. The van der Waals surface area contributed by atoms with Gasteiger partial charge in [-0.15, -0.1) is 11.3 Å². The lowest BCUT2D eigenvalue weighted by Crippen LogP contribution is -1.93. The van der Waals surface area contributed by atoms with Gasteiger partial charge in [-0.25, -0.2) is 4.98 Å². The van der Waals surface area contributed by atoms with Gasteiger partial charge in [0.1, 0.15) is 0 Å². The molecule has 0 amide bonds. The van der Waals surface area contributed by atoms with Crippen LogP contribution in [0, 0.1) is 0 Å². The minimum Gasteiger partial charge on any atom is -0.396 e. The topological polar surface area (TPSA) is 37.5 Å². The molecule has 17 heavy (non-hydrogen) atoms. The van der Waals surface area contributed by atoms with E-state index in [-0.39, 0.29) is 6.61 Å². The number of hydrogen-bond acceptors (Lipinski definition) is 3. The summed E-state index contributed by atoms with van der Waals surface area (Å²) in [5.74, 6) is 0. The van der Waals surface area contributed by atoms with E-state index in [0.717, 1.165) is 21.9 Å². The highest BCUT2D eigenvalue weighted by molar-refractivity contribution is 7.15. The second-order valence-corrected chi connectivity index (χ2v) is 4.68. The first-order valence-electron chi connectivity index (χ1n) is 5.50. The van der Waals surface area contributed by atoms with Gasteiger partial charge in [-0.2, -0.15) is 0 Å². The maximum absolute atomic E-state index is 8.99. The van der Waals surface area contributed by atoms with Crippen LogP contribution in [-0.4, -0.2) is 21.1 Å². The average molecular weight is 244 g/mol. The van der Waals surface area contributed by atoms with Crippen LogP contribution in [0.4, 0.5) is 0 Å². The first-order chi connectivity index (χ1) is 8.38. The summed E-state index contributed by atoms with van der Waals surface area (Å²) in [6.07, 6.45) is 2.71. The number of benzene rings is 1. The Morgan fingerprint density at radius 3 is 2.82 bits per heavy atom. The van der Waals surface area contributed by atoms with Crippen molar-refractivity contribution in [2.24, 2.45) is 0 Å².